The quantitative estimate of drug-likeness (QED) is 0.874. The van der Waals surface area contributed by atoms with E-state index < -0.39 is 0 Å². The molecule has 2 N–H and O–H groups in total. The van der Waals surface area contributed by atoms with Crippen LogP contribution in [0.1, 0.15) is 25.7 Å². The topological polar surface area (TPSA) is 41.1 Å². The van der Waals surface area contributed by atoms with E-state index in [-0.39, 0.29) is 18.3 Å². The molecule has 0 saturated carbocycles. The fourth-order valence-electron chi connectivity index (χ4n) is 2.26. The molecule has 1 heterocycles. The maximum absolute atomic E-state index is 11.8. The van der Waals surface area contributed by atoms with Gasteiger partial charge in [0.1, 0.15) is 0 Å². The van der Waals surface area contributed by atoms with Gasteiger partial charge in [0.2, 0.25) is 5.91 Å². The molecular formula is C14H20BrClN2O. The highest BCUT2D eigenvalue weighted by Crippen LogP contribution is 2.19. The zero-order chi connectivity index (χ0) is 12.8. The van der Waals surface area contributed by atoms with Gasteiger partial charge in [0, 0.05) is 16.6 Å². The lowest BCUT2D eigenvalue weighted by molar-refractivity contribution is -0.116. The van der Waals surface area contributed by atoms with Crippen molar-refractivity contribution < 1.29 is 4.79 Å². The van der Waals surface area contributed by atoms with Crippen LogP contribution in [0.2, 0.25) is 0 Å². The van der Waals surface area contributed by atoms with E-state index in [0.717, 1.165) is 29.7 Å². The van der Waals surface area contributed by atoms with E-state index >= 15 is 0 Å². The molecule has 1 fully saturated rings. The highest BCUT2D eigenvalue weighted by Gasteiger charge is 2.14. The first-order valence-corrected chi connectivity index (χ1v) is 7.29. The van der Waals surface area contributed by atoms with Gasteiger partial charge in [0.05, 0.1) is 0 Å². The van der Waals surface area contributed by atoms with Crippen molar-refractivity contribution in [2.24, 2.45) is 5.92 Å². The van der Waals surface area contributed by atoms with Gasteiger partial charge in [0.25, 0.3) is 0 Å². The van der Waals surface area contributed by atoms with Crippen LogP contribution in [0, 0.1) is 5.92 Å². The number of anilines is 1. The minimum atomic E-state index is 0. The summed E-state index contributed by atoms with van der Waals surface area (Å²) in [6, 6.07) is 7.68. The standard InChI is InChI=1S/C14H19BrN2O.ClH/c15-12-2-4-13(5-3-12)17-14(18)6-1-11-7-9-16-10-8-11;/h2-5,11,16H,1,6-10H2,(H,17,18);1H. The molecule has 0 radical (unpaired) electrons. The number of rotatable bonds is 4. The van der Waals surface area contributed by atoms with E-state index in [1.165, 1.54) is 12.8 Å². The van der Waals surface area contributed by atoms with Crippen LogP contribution in [0.15, 0.2) is 28.7 Å². The average molecular weight is 348 g/mol. The first kappa shape index (κ1) is 16.5. The third kappa shape index (κ3) is 5.93. The number of carbonyl (C=O) groups is 1. The van der Waals surface area contributed by atoms with Crippen LogP contribution in [0.5, 0.6) is 0 Å². The summed E-state index contributed by atoms with van der Waals surface area (Å²) in [5, 5.41) is 6.28. The molecule has 3 nitrogen and oxygen atoms in total. The maximum Gasteiger partial charge on any atom is 0.224 e. The van der Waals surface area contributed by atoms with Crippen LogP contribution < -0.4 is 10.6 Å². The molecule has 1 aliphatic rings. The molecule has 1 aliphatic heterocycles. The zero-order valence-corrected chi connectivity index (χ0v) is 13.2. The van der Waals surface area contributed by atoms with Crippen molar-refractivity contribution in [2.75, 3.05) is 18.4 Å². The van der Waals surface area contributed by atoms with E-state index in [9.17, 15) is 4.79 Å². The fourth-order valence-corrected chi connectivity index (χ4v) is 2.53. The Hall–Kier alpha value is -0.580. The molecule has 0 unspecified atom stereocenters. The van der Waals surface area contributed by atoms with Gasteiger partial charge in [-0.2, -0.15) is 0 Å². The summed E-state index contributed by atoms with van der Waals surface area (Å²) in [4.78, 5) is 11.8. The number of amides is 1. The Labute approximate surface area is 129 Å². The Bertz CT molecular complexity index is 391. The Morgan fingerprint density at radius 1 is 1.26 bits per heavy atom. The third-order valence-electron chi connectivity index (χ3n) is 3.37. The van der Waals surface area contributed by atoms with Crippen LogP contribution in [0.25, 0.3) is 0 Å². The van der Waals surface area contributed by atoms with E-state index in [1.807, 2.05) is 24.3 Å². The molecule has 1 aromatic rings. The van der Waals surface area contributed by atoms with Crippen molar-refractivity contribution in [2.45, 2.75) is 25.7 Å². The number of hydrogen-bond acceptors (Lipinski definition) is 2. The van der Waals surface area contributed by atoms with E-state index in [1.54, 1.807) is 0 Å². The number of carbonyl (C=O) groups excluding carboxylic acids is 1. The molecule has 1 saturated heterocycles. The monoisotopic (exact) mass is 346 g/mol. The second-order valence-electron chi connectivity index (χ2n) is 4.79. The minimum absolute atomic E-state index is 0. The lowest BCUT2D eigenvalue weighted by Crippen LogP contribution is -2.28. The molecule has 19 heavy (non-hydrogen) atoms. The summed E-state index contributed by atoms with van der Waals surface area (Å²) in [6.07, 6.45) is 4.03. The highest BCUT2D eigenvalue weighted by molar-refractivity contribution is 9.10. The molecular weight excluding hydrogens is 328 g/mol. The lowest BCUT2D eigenvalue weighted by atomic mass is 9.93. The van der Waals surface area contributed by atoms with Crippen LogP contribution in [0.4, 0.5) is 5.69 Å². The zero-order valence-electron chi connectivity index (χ0n) is 10.8. The number of hydrogen-bond donors (Lipinski definition) is 2. The van der Waals surface area contributed by atoms with Crippen LogP contribution in [0.3, 0.4) is 0 Å². The first-order chi connectivity index (χ1) is 8.74. The molecule has 0 spiro atoms. The number of halogens is 2. The summed E-state index contributed by atoms with van der Waals surface area (Å²) < 4.78 is 1.02. The summed E-state index contributed by atoms with van der Waals surface area (Å²) in [5.41, 5.74) is 0.869. The van der Waals surface area contributed by atoms with Gasteiger partial charge in [-0.3, -0.25) is 4.79 Å². The number of piperidine rings is 1. The van der Waals surface area contributed by atoms with Gasteiger partial charge in [0.15, 0.2) is 0 Å². The smallest absolute Gasteiger partial charge is 0.224 e. The van der Waals surface area contributed by atoms with Gasteiger partial charge in [-0.1, -0.05) is 15.9 Å². The molecule has 1 aromatic carbocycles. The van der Waals surface area contributed by atoms with Crippen molar-refractivity contribution in [3.05, 3.63) is 28.7 Å². The molecule has 0 atom stereocenters. The van der Waals surface area contributed by atoms with E-state index in [2.05, 4.69) is 26.6 Å². The highest BCUT2D eigenvalue weighted by atomic mass is 79.9. The molecule has 0 aliphatic carbocycles. The second-order valence-corrected chi connectivity index (χ2v) is 5.70. The number of benzene rings is 1. The molecule has 5 heteroatoms. The molecule has 2 rings (SSSR count). The minimum Gasteiger partial charge on any atom is -0.326 e. The first-order valence-electron chi connectivity index (χ1n) is 6.50. The Morgan fingerprint density at radius 2 is 1.89 bits per heavy atom. The predicted octanol–water partition coefficient (Wildman–Crippen LogP) is 3.59. The van der Waals surface area contributed by atoms with Gasteiger partial charge in [-0.15, -0.1) is 12.4 Å². The van der Waals surface area contributed by atoms with Gasteiger partial charge in [-0.05, 0) is 62.5 Å². The lowest BCUT2D eigenvalue weighted by Gasteiger charge is -2.22. The average Bonchev–Trinajstić information content (AvgIpc) is 2.40. The predicted molar refractivity (Wildman–Crippen MR) is 84.8 cm³/mol. The fraction of sp³-hybridized carbons (Fsp3) is 0.500. The van der Waals surface area contributed by atoms with Gasteiger partial charge >= 0.3 is 0 Å². The largest absolute Gasteiger partial charge is 0.326 e. The molecule has 106 valence electrons. The van der Waals surface area contributed by atoms with E-state index in [4.69, 9.17) is 0 Å². The molecule has 0 bridgehead atoms. The summed E-state index contributed by atoms with van der Waals surface area (Å²) in [7, 11) is 0. The second kappa shape index (κ2) is 8.56. The van der Waals surface area contributed by atoms with Gasteiger partial charge < -0.3 is 10.6 Å². The summed E-state index contributed by atoms with van der Waals surface area (Å²) in [5.74, 6) is 0.831. The number of nitrogens with one attached hydrogen (secondary N) is 2. The van der Waals surface area contributed by atoms with Crippen molar-refractivity contribution in [3.8, 4) is 0 Å². The van der Waals surface area contributed by atoms with E-state index in [0.29, 0.717) is 12.3 Å². The van der Waals surface area contributed by atoms with Crippen molar-refractivity contribution in [1.29, 1.82) is 0 Å². The van der Waals surface area contributed by atoms with Crippen LogP contribution in [-0.2, 0) is 4.79 Å². The SMILES string of the molecule is Cl.O=C(CCC1CCNCC1)Nc1ccc(Br)cc1. The van der Waals surface area contributed by atoms with Crippen LogP contribution >= 0.6 is 28.3 Å². The molecule has 1 amide bonds. The van der Waals surface area contributed by atoms with Crippen molar-refractivity contribution >= 4 is 39.9 Å². The Morgan fingerprint density at radius 3 is 2.53 bits per heavy atom. The molecule has 0 aromatic heterocycles. The maximum atomic E-state index is 11.8. The van der Waals surface area contributed by atoms with Crippen molar-refractivity contribution in [3.63, 3.8) is 0 Å². The third-order valence-corrected chi connectivity index (χ3v) is 3.90. The summed E-state index contributed by atoms with van der Waals surface area (Å²) in [6.45, 7) is 2.19. The normalized spacial score (nSPS) is 15.6. The van der Waals surface area contributed by atoms with Crippen LogP contribution in [-0.4, -0.2) is 19.0 Å². The Balaban J connectivity index is 0.00000180. The summed E-state index contributed by atoms with van der Waals surface area (Å²) >= 11 is 3.38. The Kier molecular flexibility index (Phi) is 7.42. The van der Waals surface area contributed by atoms with Gasteiger partial charge in [-0.25, -0.2) is 0 Å². The van der Waals surface area contributed by atoms with Crippen molar-refractivity contribution in [1.82, 2.24) is 5.32 Å².